The summed E-state index contributed by atoms with van der Waals surface area (Å²) in [6, 6.07) is 3.31. The van der Waals surface area contributed by atoms with Crippen molar-refractivity contribution in [1.82, 2.24) is 4.98 Å². The summed E-state index contributed by atoms with van der Waals surface area (Å²) in [5.41, 5.74) is 3.02. The molecule has 1 aromatic heterocycles. The highest BCUT2D eigenvalue weighted by Crippen LogP contribution is 2.44. The van der Waals surface area contributed by atoms with Crippen molar-refractivity contribution in [1.29, 1.82) is 0 Å². The van der Waals surface area contributed by atoms with Gasteiger partial charge >= 0.3 is 0 Å². The number of carbonyl (C=O) groups excluding carboxylic acids is 1. The Kier molecular flexibility index (Phi) is 7.39. The fourth-order valence-electron chi connectivity index (χ4n) is 2.61. The van der Waals surface area contributed by atoms with Crippen LogP contribution in [0.1, 0.15) is 23.0 Å². The van der Waals surface area contributed by atoms with Gasteiger partial charge in [0.05, 0.1) is 0 Å². The van der Waals surface area contributed by atoms with E-state index < -0.39 is 35.4 Å². The monoisotopic (exact) mass is 464 g/mol. The Balaban J connectivity index is 0.00000101. The number of hydrogen-bond acceptors (Lipinski definition) is 7. The van der Waals surface area contributed by atoms with Gasteiger partial charge in [0, 0.05) is 16.6 Å². The molecule has 4 N–H and O–H groups in total. The van der Waals surface area contributed by atoms with E-state index in [1.807, 2.05) is 0 Å². The van der Waals surface area contributed by atoms with Gasteiger partial charge in [-0.3, -0.25) is 14.6 Å². The minimum atomic E-state index is -3.53. The molecule has 2 aromatic rings. The van der Waals surface area contributed by atoms with Crippen LogP contribution in [0.25, 0.3) is 0 Å². The first-order valence-corrected chi connectivity index (χ1v) is 9.40. The molecule has 1 atom stereocenters. The SMILES string of the molecule is CC1(c2cc(NC(=O)c3csc(Cl)n3)ccc2F)N=C(N)COCC1(F)F.O=CO. The third kappa shape index (κ3) is 5.07. The Morgan fingerprint density at radius 2 is 2.13 bits per heavy atom. The molecule has 1 aromatic carbocycles. The van der Waals surface area contributed by atoms with E-state index in [0.29, 0.717) is 0 Å². The second-order valence-electron chi connectivity index (χ2n) is 6.11. The molecule has 30 heavy (non-hydrogen) atoms. The van der Waals surface area contributed by atoms with Crippen LogP contribution in [0, 0.1) is 5.82 Å². The van der Waals surface area contributed by atoms with Crippen molar-refractivity contribution in [3.05, 3.63) is 45.1 Å². The average Bonchev–Trinajstić information content (AvgIpc) is 3.06. The summed E-state index contributed by atoms with van der Waals surface area (Å²) in [5.74, 6) is -5.23. The number of halogens is 4. The van der Waals surface area contributed by atoms with Gasteiger partial charge in [-0.2, -0.15) is 0 Å². The lowest BCUT2D eigenvalue weighted by molar-refractivity contribution is -0.122. The number of rotatable bonds is 3. The van der Waals surface area contributed by atoms with Crippen LogP contribution >= 0.6 is 22.9 Å². The molecule has 0 aliphatic carbocycles. The number of nitrogens with one attached hydrogen (secondary N) is 1. The Morgan fingerprint density at radius 1 is 1.47 bits per heavy atom. The minimum absolute atomic E-state index is 0.0533. The zero-order chi connectivity index (χ0) is 22.5. The largest absolute Gasteiger partial charge is 0.483 e. The lowest BCUT2D eigenvalue weighted by Crippen LogP contribution is -2.45. The molecular weight excluding hydrogens is 449 g/mol. The van der Waals surface area contributed by atoms with E-state index in [4.69, 9.17) is 32.0 Å². The topological polar surface area (TPSA) is 127 Å². The van der Waals surface area contributed by atoms with Gasteiger partial charge in [-0.25, -0.2) is 18.2 Å². The van der Waals surface area contributed by atoms with Crippen molar-refractivity contribution in [2.75, 3.05) is 18.5 Å². The van der Waals surface area contributed by atoms with Crippen LogP contribution in [0.3, 0.4) is 0 Å². The van der Waals surface area contributed by atoms with Crippen LogP contribution in [0.15, 0.2) is 28.6 Å². The Labute approximate surface area is 177 Å². The number of thiazole rings is 1. The molecule has 0 radical (unpaired) electrons. The summed E-state index contributed by atoms with van der Waals surface area (Å²) in [6.07, 6.45) is 0. The molecule has 1 aliphatic rings. The summed E-state index contributed by atoms with van der Waals surface area (Å²) in [5, 5.41) is 10.8. The molecule has 3 rings (SSSR count). The first-order chi connectivity index (χ1) is 14.0. The highest BCUT2D eigenvalue weighted by atomic mass is 35.5. The number of aromatic nitrogens is 1. The highest BCUT2D eigenvalue weighted by molar-refractivity contribution is 7.14. The third-order valence-electron chi connectivity index (χ3n) is 4.07. The third-order valence-corrected chi connectivity index (χ3v) is 5.05. The van der Waals surface area contributed by atoms with Gasteiger partial charge in [-0.1, -0.05) is 11.6 Å². The van der Waals surface area contributed by atoms with Gasteiger partial charge in [0.25, 0.3) is 18.3 Å². The predicted molar refractivity (Wildman–Crippen MR) is 105 cm³/mol. The highest BCUT2D eigenvalue weighted by Gasteiger charge is 2.54. The van der Waals surface area contributed by atoms with Gasteiger partial charge < -0.3 is 20.9 Å². The molecule has 8 nitrogen and oxygen atoms in total. The second-order valence-corrected chi connectivity index (χ2v) is 7.55. The quantitative estimate of drug-likeness (QED) is 0.599. The van der Waals surface area contributed by atoms with Crippen LogP contribution in [0.5, 0.6) is 0 Å². The predicted octanol–water partition coefficient (Wildman–Crippen LogP) is 3.13. The number of hydrogen-bond donors (Lipinski definition) is 3. The van der Waals surface area contributed by atoms with Gasteiger partial charge in [-0.15, -0.1) is 11.3 Å². The molecule has 13 heteroatoms. The lowest BCUT2D eigenvalue weighted by Gasteiger charge is -2.33. The molecule has 1 unspecified atom stereocenters. The molecule has 0 bridgehead atoms. The van der Waals surface area contributed by atoms with E-state index in [1.165, 1.54) is 11.4 Å². The minimum Gasteiger partial charge on any atom is -0.483 e. The zero-order valence-corrected chi connectivity index (χ0v) is 16.9. The summed E-state index contributed by atoms with van der Waals surface area (Å²) in [7, 11) is 0. The van der Waals surface area contributed by atoms with E-state index in [9.17, 15) is 18.0 Å². The molecule has 0 spiro atoms. The normalized spacial score (nSPS) is 20.2. The number of carbonyl (C=O) groups is 2. The number of nitrogens with two attached hydrogens (primary N) is 1. The fraction of sp³-hybridized carbons (Fsp3) is 0.294. The summed E-state index contributed by atoms with van der Waals surface area (Å²) in [4.78, 5) is 28.2. The fourth-order valence-corrected chi connectivity index (χ4v) is 3.35. The first kappa shape index (κ1) is 23.6. The van der Waals surface area contributed by atoms with Crippen molar-refractivity contribution < 1.29 is 32.6 Å². The van der Waals surface area contributed by atoms with E-state index in [-0.39, 0.29) is 34.8 Å². The lowest BCUT2D eigenvalue weighted by atomic mass is 9.85. The van der Waals surface area contributed by atoms with E-state index in [0.717, 1.165) is 30.4 Å². The Hall–Kier alpha value is -2.70. The molecular formula is C17H16ClF3N4O4S. The number of carboxylic acid groups (broad SMARTS) is 1. The maximum atomic E-state index is 14.6. The van der Waals surface area contributed by atoms with E-state index in [2.05, 4.69) is 15.3 Å². The second kappa shape index (κ2) is 9.41. The number of aliphatic imine (C=N–C) groups is 1. The van der Waals surface area contributed by atoms with E-state index >= 15 is 0 Å². The molecule has 2 heterocycles. The number of amidine groups is 1. The standard InChI is InChI=1S/C16H14ClF3N4O2S.CH2O2/c1-15(16(19,20)7-26-5-12(21)24-15)9-4-8(2-3-10(9)18)22-13(25)11-6-27-14(17)23-11;2-1-3/h2-4,6H,5,7H2,1H3,(H2,21,24)(H,22,25);1H,(H,2,3). The molecule has 0 saturated carbocycles. The van der Waals surface area contributed by atoms with Gasteiger partial charge in [0.15, 0.2) is 10.0 Å². The van der Waals surface area contributed by atoms with Crippen molar-refractivity contribution in [2.45, 2.75) is 18.4 Å². The van der Waals surface area contributed by atoms with Gasteiger partial charge in [0.1, 0.15) is 30.6 Å². The van der Waals surface area contributed by atoms with Crippen LogP contribution in [-0.4, -0.2) is 47.4 Å². The summed E-state index contributed by atoms with van der Waals surface area (Å²) < 4.78 is 48.7. The number of ether oxygens (including phenoxy) is 1. The van der Waals surface area contributed by atoms with Crippen molar-refractivity contribution in [2.24, 2.45) is 10.7 Å². The van der Waals surface area contributed by atoms with Crippen LogP contribution in [0.4, 0.5) is 18.9 Å². The maximum Gasteiger partial charge on any atom is 0.299 e. The Bertz CT molecular complexity index is 972. The van der Waals surface area contributed by atoms with Crippen LogP contribution in [0.2, 0.25) is 4.47 Å². The number of amides is 1. The average molecular weight is 465 g/mol. The van der Waals surface area contributed by atoms with Crippen LogP contribution in [-0.2, 0) is 15.1 Å². The molecule has 162 valence electrons. The molecule has 0 fully saturated rings. The van der Waals surface area contributed by atoms with Crippen molar-refractivity contribution >= 4 is 46.8 Å². The van der Waals surface area contributed by atoms with Crippen molar-refractivity contribution in [3.8, 4) is 0 Å². The van der Waals surface area contributed by atoms with E-state index in [1.54, 1.807) is 0 Å². The summed E-state index contributed by atoms with van der Waals surface area (Å²) in [6.45, 7) is -0.437. The molecule has 1 aliphatic heterocycles. The Morgan fingerprint density at radius 3 is 2.73 bits per heavy atom. The number of alkyl halides is 2. The van der Waals surface area contributed by atoms with Crippen LogP contribution < -0.4 is 11.1 Å². The van der Waals surface area contributed by atoms with Crippen molar-refractivity contribution in [3.63, 3.8) is 0 Å². The molecule has 0 saturated heterocycles. The molecule has 1 amide bonds. The maximum absolute atomic E-state index is 14.6. The number of benzene rings is 1. The first-order valence-electron chi connectivity index (χ1n) is 8.14. The number of anilines is 1. The summed E-state index contributed by atoms with van der Waals surface area (Å²) >= 11 is 6.75. The zero-order valence-electron chi connectivity index (χ0n) is 15.4. The smallest absolute Gasteiger partial charge is 0.299 e. The van der Waals surface area contributed by atoms with Gasteiger partial charge in [-0.05, 0) is 25.1 Å². The van der Waals surface area contributed by atoms with Gasteiger partial charge in [0.2, 0.25) is 0 Å². The number of nitrogens with zero attached hydrogens (tertiary/aromatic N) is 2.